The molecule has 2 aromatic carbocycles. The number of fused-ring (bicyclic) bond motifs is 1. The van der Waals surface area contributed by atoms with Crippen molar-refractivity contribution in [1.82, 2.24) is 0 Å². The molecule has 2 aromatic rings. The van der Waals surface area contributed by atoms with E-state index >= 15 is 0 Å². The fourth-order valence-electron chi connectivity index (χ4n) is 1.70. The molecule has 0 aliphatic heterocycles. The summed E-state index contributed by atoms with van der Waals surface area (Å²) in [5, 5.41) is 2.34. The van der Waals surface area contributed by atoms with Gasteiger partial charge in [-0.2, -0.15) is 12.6 Å². The first-order chi connectivity index (χ1) is 8.42. The molecular formula is C14H16O2S. The van der Waals surface area contributed by atoms with Crippen LogP contribution in [0, 0.1) is 0 Å². The molecule has 0 spiro atoms. The third kappa shape index (κ3) is 3.38. The minimum atomic E-state index is 0.571. The normalized spacial score (nSPS) is 10.6. The summed E-state index contributed by atoms with van der Waals surface area (Å²) >= 11 is 4.08. The lowest BCUT2D eigenvalue weighted by Crippen LogP contribution is -2.08. The summed E-state index contributed by atoms with van der Waals surface area (Å²) in [5.74, 6) is 1.66. The Morgan fingerprint density at radius 1 is 0.882 bits per heavy atom. The zero-order chi connectivity index (χ0) is 11.9. The van der Waals surface area contributed by atoms with E-state index in [9.17, 15) is 0 Å². The van der Waals surface area contributed by atoms with E-state index in [0.717, 1.165) is 16.9 Å². The molecule has 0 bridgehead atoms. The molecular weight excluding hydrogens is 232 g/mol. The van der Waals surface area contributed by atoms with Gasteiger partial charge >= 0.3 is 0 Å². The van der Waals surface area contributed by atoms with Crippen molar-refractivity contribution in [2.45, 2.75) is 0 Å². The van der Waals surface area contributed by atoms with Crippen LogP contribution in [0.25, 0.3) is 10.8 Å². The number of benzene rings is 2. The van der Waals surface area contributed by atoms with Crippen LogP contribution in [0.2, 0.25) is 0 Å². The molecule has 0 aliphatic rings. The average Bonchev–Trinajstić information content (AvgIpc) is 2.39. The molecule has 90 valence electrons. The number of hydrogen-bond acceptors (Lipinski definition) is 3. The van der Waals surface area contributed by atoms with Crippen LogP contribution < -0.4 is 4.74 Å². The van der Waals surface area contributed by atoms with Gasteiger partial charge in [-0.3, -0.25) is 0 Å². The Bertz CT molecular complexity index is 465. The number of rotatable bonds is 6. The van der Waals surface area contributed by atoms with Gasteiger partial charge in [-0.25, -0.2) is 0 Å². The predicted molar refractivity (Wildman–Crippen MR) is 74.1 cm³/mol. The maximum Gasteiger partial charge on any atom is 0.127 e. The van der Waals surface area contributed by atoms with Gasteiger partial charge in [-0.15, -0.1) is 0 Å². The molecule has 0 saturated carbocycles. The van der Waals surface area contributed by atoms with Crippen molar-refractivity contribution in [2.24, 2.45) is 0 Å². The molecule has 17 heavy (non-hydrogen) atoms. The van der Waals surface area contributed by atoms with Crippen molar-refractivity contribution in [3.05, 3.63) is 42.5 Å². The van der Waals surface area contributed by atoms with Crippen molar-refractivity contribution >= 4 is 23.4 Å². The van der Waals surface area contributed by atoms with Crippen LogP contribution in [0.15, 0.2) is 42.5 Å². The van der Waals surface area contributed by atoms with Gasteiger partial charge in [-0.1, -0.05) is 36.4 Å². The molecule has 0 unspecified atom stereocenters. The molecule has 0 saturated heterocycles. The summed E-state index contributed by atoms with van der Waals surface area (Å²) in [7, 11) is 0. The van der Waals surface area contributed by atoms with E-state index in [1.165, 1.54) is 5.39 Å². The standard InChI is InChI=1S/C14H16O2S/c17-11-10-15-8-9-16-14-7-3-5-12-4-1-2-6-13(12)14/h1-7,17H,8-11H2. The highest BCUT2D eigenvalue weighted by Gasteiger charge is 2.00. The highest BCUT2D eigenvalue weighted by atomic mass is 32.1. The minimum Gasteiger partial charge on any atom is -0.491 e. The molecule has 2 nitrogen and oxygen atoms in total. The highest BCUT2D eigenvalue weighted by molar-refractivity contribution is 7.80. The smallest absolute Gasteiger partial charge is 0.127 e. The maximum absolute atomic E-state index is 5.72. The second kappa shape index (κ2) is 6.52. The molecule has 2 rings (SSSR count). The first-order valence-corrected chi connectivity index (χ1v) is 6.34. The van der Waals surface area contributed by atoms with Crippen LogP contribution in [-0.2, 0) is 4.74 Å². The van der Waals surface area contributed by atoms with E-state index < -0.39 is 0 Å². The Balaban J connectivity index is 1.98. The predicted octanol–water partition coefficient (Wildman–Crippen LogP) is 3.17. The molecule has 0 fully saturated rings. The SMILES string of the molecule is SCCOCCOc1cccc2ccccc12. The van der Waals surface area contributed by atoms with E-state index in [2.05, 4.69) is 30.8 Å². The van der Waals surface area contributed by atoms with Gasteiger partial charge in [0.15, 0.2) is 0 Å². The molecule has 0 heterocycles. The fraction of sp³-hybridized carbons (Fsp3) is 0.286. The van der Waals surface area contributed by atoms with Crippen LogP contribution in [0.1, 0.15) is 0 Å². The fourth-order valence-corrected chi connectivity index (χ4v) is 1.83. The van der Waals surface area contributed by atoms with Gasteiger partial charge in [0.1, 0.15) is 12.4 Å². The van der Waals surface area contributed by atoms with Gasteiger partial charge < -0.3 is 9.47 Å². The first-order valence-electron chi connectivity index (χ1n) is 5.71. The van der Waals surface area contributed by atoms with Crippen molar-refractivity contribution < 1.29 is 9.47 Å². The second-order valence-electron chi connectivity index (χ2n) is 3.66. The summed E-state index contributed by atoms with van der Waals surface area (Å²) in [6.07, 6.45) is 0. The second-order valence-corrected chi connectivity index (χ2v) is 4.11. The largest absolute Gasteiger partial charge is 0.491 e. The third-order valence-electron chi connectivity index (χ3n) is 2.47. The van der Waals surface area contributed by atoms with E-state index in [-0.39, 0.29) is 0 Å². The van der Waals surface area contributed by atoms with Crippen molar-refractivity contribution in [3.63, 3.8) is 0 Å². The van der Waals surface area contributed by atoms with Gasteiger partial charge in [0, 0.05) is 11.1 Å². The lowest BCUT2D eigenvalue weighted by atomic mass is 10.1. The Labute approximate surface area is 107 Å². The summed E-state index contributed by atoms with van der Waals surface area (Å²) in [6, 6.07) is 14.3. The van der Waals surface area contributed by atoms with E-state index in [4.69, 9.17) is 9.47 Å². The van der Waals surface area contributed by atoms with Crippen LogP contribution in [0.3, 0.4) is 0 Å². The third-order valence-corrected chi connectivity index (χ3v) is 2.65. The highest BCUT2D eigenvalue weighted by Crippen LogP contribution is 2.24. The first kappa shape index (κ1) is 12.3. The van der Waals surface area contributed by atoms with Crippen LogP contribution in [-0.4, -0.2) is 25.6 Å². The molecule has 0 radical (unpaired) electrons. The van der Waals surface area contributed by atoms with Gasteiger partial charge in [0.2, 0.25) is 0 Å². The monoisotopic (exact) mass is 248 g/mol. The Morgan fingerprint density at radius 3 is 2.59 bits per heavy atom. The van der Waals surface area contributed by atoms with E-state index in [0.29, 0.717) is 19.8 Å². The Morgan fingerprint density at radius 2 is 1.71 bits per heavy atom. The zero-order valence-electron chi connectivity index (χ0n) is 9.63. The quantitative estimate of drug-likeness (QED) is 0.625. The Hall–Kier alpha value is -1.19. The molecule has 3 heteroatoms. The van der Waals surface area contributed by atoms with E-state index in [1.807, 2.05) is 24.3 Å². The lowest BCUT2D eigenvalue weighted by Gasteiger charge is -2.09. The van der Waals surface area contributed by atoms with Gasteiger partial charge in [0.25, 0.3) is 0 Å². The van der Waals surface area contributed by atoms with Gasteiger partial charge in [0.05, 0.1) is 13.2 Å². The molecule has 0 aliphatic carbocycles. The summed E-state index contributed by atoms with van der Waals surface area (Å²) in [6.45, 7) is 1.84. The summed E-state index contributed by atoms with van der Waals surface area (Å²) in [5.41, 5.74) is 0. The Kier molecular flexibility index (Phi) is 4.71. The molecule has 0 aromatic heterocycles. The topological polar surface area (TPSA) is 18.5 Å². The number of thiol groups is 1. The van der Waals surface area contributed by atoms with Crippen LogP contribution >= 0.6 is 12.6 Å². The minimum absolute atomic E-state index is 0.571. The van der Waals surface area contributed by atoms with Crippen LogP contribution in [0.5, 0.6) is 5.75 Å². The molecule has 0 atom stereocenters. The van der Waals surface area contributed by atoms with Gasteiger partial charge in [-0.05, 0) is 11.5 Å². The number of hydrogen-bond donors (Lipinski definition) is 1. The van der Waals surface area contributed by atoms with Crippen molar-refractivity contribution in [1.29, 1.82) is 0 Å². The summed E-state index contributed by atoms with van der Waals surface area (Å²) in [4.78, 5) is 0. The lowest BCUT2D eigenvalue weighted by molar-refractivity contribution is 0.113. The maximum atomic E-state index is 5.72. The van der Waals surface area contributed by atoms with E-state index in [1.54, 1.807) is 0 Å². The van der Waals surface area contributed by atoms with Crippen molar-refractivity contribution in [2.75, 3.05) is 25.6 Å². The zero-order valence-corrected chi connectivity index (χ0v) is 10.5. The van der Waals surface area contributed by atoms with Crippen LogP contribution in [0.4, 0.5) is 0 Å². The molecule has 0 amide bonds. The van der Waals surface area contributed by atoms with Crippen molar-refractivity contribution in [3.8, 4) is 5.75 Å². The summed E-state index contributed by atoms with van der Waals surface area (Å²) < 4.78 is 11.0. The molecule has 0 N–H and O–H groups in total. The average molecular weight is 248 g/mol. The number of ether oxygens (including phenoxy) is 2.